The summed E-state index contributed by atoms with van der Waals surface area (Å²) in [7, 11) is 1.77. The minimum atomic E-state index is 0.0735. The lowest BCUT2D eigenvalue weighted by Gasteiger charge is -2.16. The Kier molecular flexibility index (Phi) is 3.65. The van der Waals surface area contributed by atoms with E-state index in [4.69, 9.17) is 5.73 Å². The van der Waals surface area contributed by atoms with Crippen LogP contribution in [0.1, 0.15) is 13.8 Å². The van der Waals surface area contributed by atoms with Gasteiger partial charge in [0.05, 0.1) is 0 Å². The molecule has 1 aromatic heterocycles. The van der Waals surface area contributed by atoms with Crippen molar-refractivity contribution >= 4 is 17.8 Å². The normalized spacial score (nSPS) is 11.1. The molecule has 6 heteroatoms. The number of aromatic nitrogens is 2. The van der Waals surface area contributed by atoms with Crippen molar-refractivity contribution in [1.29, 1.82) is 0 Å². The van der Waals surface area contributed by atoms with Gasteiger partial charge in [0.15, 0.2) is 16.6 Å². The van der Waals surface area contributed by atoms with E-state index in [9.17, 15) is 5.11 Å². The highest BCUT2D eigenvalue weighted by Gasteiger charge is 2.15. The number of nitrogens with two attached hydrogens (primary N) is 1. The molecule has 0 aromatic carbocycles. The van der Waals surface area contributed by atoms with Crippen LogP contribution in [0, 0.1) is 0 Å². The van der Waals surface area contributed by atoms with Crippen molar-refractivity contribution in [3.63, 3.8) is 0 Å². The van der Waals surface area contributed by atoms with Gasteiger partial charge in [-0.2, -0.15) is 5.10 Å². The van der Waals surface area contributed by atoms with E-state index in [1.807, 2.05) is 0 Å². The van der Waals surface area contributed by atoms with Gasteiger partial charge in [0.1, 0.15) is 0 Å². The van der Waals surface area contributed by atoms with Crippen LogP contribution in [0.5, 0.6) is 5.75 Å². The van der Waals surface area contributed by atoms with Crippen molar-refractivity contribution in [3.05, 3.63) is 0 Å². The van der Waals surface area contributed by atoms with Crippen LogP contribution in [0.25, 0.3) is 0 Å². The predicted octanol–water partition coefficient (Wildman–Crippen LogP) is 1.06. The topological polar surface area (TPSA) is 67.3 Å². The highest BCUT2D eigenvalue weighted by Crippen LogP contribution is 2.34. The van der Waals surface area contributed by atoms with Gasteiger partial charge in [-0.25, -0.2) is 4.31 Å². The number of rotatable bonds is 4. The second-order valence-electron chi connectivity index (χ2n) is 2.87. The molecule has 80 valence electrons. The zero-order valence-corrected chi connectivity index (χ0v) is 9.51. The van der Waals surface area contributed by atoms with Crippen molar-refractivity contribution in [2.24, 2.45) is 7.05 Å². The van der Waals surface area contributed by atoms with E-state index in [0.717, 1.165) is 13.1 Å². The lowest BCUT2D eigenvalue weighted by Crippen LogP contribution is -2.14. The average Bonchev–Trinajstić information content (AvgIpc) is 2.40. The molecule has 0 aliphatic carbocycles. The van der Waals surface area contributed by atoms with Gasteiger partial charge in [-0.15, -0.1) is 0 Å². The van der Waals surface area contributed by atoms with Crippen molar-refractivity contribution in [1.82, 2.24) is 14.1 Å². The van der Waals surface area contributed by atoms with Crippen LogP contribution >= 0.6 is 11.9 Å². The first kappa shape index (κ1) is 11.2. The highest BCUT2D eigenvalue weighted by molar-refractivity contribution is 7.97. The fraction of sp³-hybridized carbons (Fsp3) is 0.625. The van der Waals surface area contributed by atoms with E-state index in [2.05, 4.69) is 23.3 Å². The molecule has 0 radical (unpaired) electrons. The summed E-state index contributed by atoms with van der Waals surface area (Å²) in [5.41, 5.74) is 5.49. The zero-order valence-electron chi connectivity index (χ0n) is 8.69. The van der Waals surface area contributed by atoms with Gasteiger partial charge in [-0.3, -0.25) is 4.68 Å². The van der Waals surface area contributed by atoms with Gasteiger partial charge >= 0.3 is 0 Å². The fourth-order valence-electron chi connectivity index (χ4n) is 1.09. The Morgan fingerprint density at radius 3 is 2.43 bits per heavy atom. The molecular weight excluding hydrogens is 200 g/mol. The summed E-state index contributed by atoms with van der Waals surface area (Å²) >= 11 is 1.47. The summed E-state index contributed by atoms with van der Waals surface area (Å²) in [6.45, 7) is 5.94. The molecule has 0 saturated heterocycles. The molecule has 0 bridgehead atoms. The number of anilines is 1. The van der Waals surface area contributed by atoms with E-state index >= 15 is 0 Å². The van der Waals surface area contributed by atoms with Crippen molar-refractivity contribution in [3.8, 4) is 5.75 Å². The van der Waals surface area contributed by atoms with E-state index in [0.29, 0.717) is 5.03 Å². The number of aromatic hydroxyl groups is 1. The maximum atomic E-state index is 9.60. The Labute approximate surface area is 88.0 Å². The highest BCUT2D eigenvalue weighted by atomic mass is 32.2. The van der Waals surface area contributed by atoms with Crippen LogP contribution < -0.4 is 5.73 Å². The van der Waals surface area contributed by atoms with E-state index in [1.54, 1.807) is 11.7 Å². The molecule has 0 aliphatic heterocycles. The zero-order chi connectivity index (χ0) is 10.7. The number of nitrogens with zero attached hydrogens (tertiary/aromatic N) is 3. The second kappa shape index (κ2) is 4.56. The first-order valence-electron chi connectivity index (χ1n) is 4.54. The third-order valence-corrected chi connectivity index (χ3v) is 3.32. The summed E-state index contributed by atoms with van der Waals surface area (Å²) in [6.07, 6.45) is 0. The van der Waals surface area contributed by atoms with E-state index < -0.39 is 0 Å². The SMILES string of the molecule is CCN(CC)Sc1c(O)c(N)nn1C. The van der Waals surface area contributed by atoms with Crippen LogP contribution in [0.2, 0.25) is 0 Å². The van der Waals surface area contributed by atoms with Crippen LogP contribution in [-0.2, 0) is 7.05 Å². The molecular formula is C8H16N4OS. The minimum Gasteiger partial charge on any atom is -0.502 e. The molecule has 0 saturated carbocycles. The molecule has 0 fully saturated rings. The van der Waals surface area contributed by atoms with E-state index in [1.165, 1.54) is 11.9 Å². The standard InChI is InChI=1S/C8H16N4OS/c1-4-12(5-2)14-8-6(13)7(9)10-11(8)3/h13H,4-5H2,1-3H3,(H2,9,10). The number of hydrogen-bond acceptors (Lipinski definition) is 5. The maximum Gasteiger partial charge on any atom is 0.193 e. The van der Waals surface area contributed by atoms with Crippen molar-refractivity contribution in [2.45, 2.75) is 18.9 Å². The smallest absolute Gasteiger partial charge is 0.193 e. The molecule has 0 atom stereocenters. The Balaban J connectivity index is 2.84. The van der Waals surface area contributed by atoms with Gasteiger partial charge in [-0.05, 0) is 11.9 Å². The lowest BCUT2D eigenvalue weighted by atomic mass is 10.6. The first-order valence-corrected chi connectivity index (χ1v) is 5.31. The molecule has 5 nitrogen and oxygen atoms in total. The summed E-state index contributed by atoms with van der Waals surface area (Å²) in [5.74, 6) is 0.256. The first-order chi connectivity index (χ1) is 6.60. The van der Waals surface area contributed by atoms with Gasteiger partial charge in [0.25, 0.3) is 0 Å². The Morgan fingerprint density at radius 2 is 2.07 bits per heavy atom. The van der Waals surface area contributed by atoms with Crippen molar-refractivity contribution < 1.29 is 5.11 Å². The number of aryl methyl sites for hydroxylation is 1. The largest absolute Gasteiger partial charge is 0.502 e. The van der Waals surface area contributed by atoms with Crippen LogP contribution in [0.15, 0.2) is 5.03 Å². The third kappa shape index (κ3) is 2.13. The van der Waals surface area contributed by atoms with Crippen LogP contribution in [0.3, 0.4) is 0 Å². The Hall–Kier alpha value is -0.880. The molecule has 0 aliphatic rings. The third-order valence-electron chi connectivity index (χ3n) is 1.92. The number of hydrogen-bond donors (Lipinski definition) is 2. The summed E-state index contributed by atoms with van der Waals surface area (Å²) in [4.78, 5) is 0. The number of nitrogen functional groups attached to an aromatic ring is 1. The lowest BCUT2D eigenvalue weighted by molar-refractivity contribution is 0.454. The van der Waals surface area contributed by atoms with Gasteiger partial charge in [0, 0.05) is 20.1 Å². The molecule has 0 spiro atoms. The summed E-state index contributed by atoms with van der Waals surface area (Å²) < 4.78 is 3.70. The Bertz CT molecular complexity index is 309. The predicted molar refractivity (Wildman–Crippen MR) is 58.1 cm³/mol. The molecule has 0 unspecified atom stereocenters. The quantitative estimate of drug-likeness (QED) is 0.737. The fourth-order valence-corrected chi connectivity index (χ4v) is 1.95. The van der Waals surface area contributed by atoms with Gasteiger partial charge in [-0.1, -0.05) is 13.8 Å². The molecule has 3 N–H and O–H groups in total. The monoisotopic (exact) mass is 216 g/mol. The average molecular weight is 216 g/mol. The second-order valence-corrected chi connectivity index (χ2v) is 3.95. The Morgan fingerprint density at radius 1 is 1.50 bits per heavy atom. The molecule has 14 heavy (non-hydrogen) atoms. The van der Waals surface area contributed by atoms with Crippen LogP contribution in [-0.4, -0.2) is 32.3 Å². The molecule has 1 heterocycles. The molecule has 1 aromatic rings. The maximum absolute atomic E-state index is 9.60. The molecule has 0 amide bonds. The van der Waals surface area contributed by atoms with E-state index in [-0.39, 0.29) is 11.6 Å². The minimum absolute atomic E-state index is 0.0735. The summed E-state index contributed by atoms with van der Waals surface area (Å²) in [5, 5.41) is 14.2. The molecule has 1 rings (SSSR count). The van der Waals surface area contributed by atoms with Gasteiger partial charge < -0.3 is 10.8 Å². The summed E-state index contributed by atoms with van der Waals surface area (Å²) in [6, 6.07) is 0. The van der Waals surface area contributed by atoms with Crippen LogP contribution in [0.4, 0.5) is 5.82 Å². The van der Waals surface area contributed by atoms with Gasteiger partial charge in [0.2, 0.25) is 0 Å². The van der Waals surface area contributed by atoms with Crippen molar-refractivity contribution in [2.75, 3.05) is 18.8 Å².